The van der Waals surface area contributed by atoms with Crippen LogP contribution in [0.25, 0.3) is 6.08 Å². The van der Waals surface area contributed by atoms with Crippen LogP contribution in [0.1, 0.15) is 43.1 Å². The molecular weight excluding hydrogens is 335 g/mol. The van der Waals surface area contributed by atoms with Crippen molar-refractivity contribution in [2.24, 2.45) is 0 Å². The molecule has 26 heavy (non-hydrogen) atoms. The lowest BCUT2D eigenvalue weighted by Gasteiger charge is -2.41. The van der Waals surface area contributed by atoms with Crippen molar-refractivity contribution in [2.45, 2.75) is 38.5 Å². The van der Waals surface area contributed by atoms with Gasteiger partial charge in [-0.2, -0.15) is 0 Å². The van der Waals surface area contributed by atoms with Crippen molar-refractivity contribution in [3.05, 3.63) is 52.9 Å². The van der Waals surface area contributed by atoms with Gasteiger partial charge in [0, 0.05) is 35.5 Å². The smallest absolute Gasteiger partial charge is 0.331 e. The summed E-state index contributed by atoms with van der Waals surface area (Å²) < 4.78 is 14.2. The average molecular weight is 356 g/mol. The van der Waals surface area contributed by atoms with Gasteiger partial charge in [-0.05, 0) is 44.9 Å². The van der Waals surface area contributed by atoms with E-state index in [2.05, 4.69) is 20.3 Å². The van der Waals surface area contributed by atoms with E-state index in [1.807, 2.05) is 0 Å². The van der Waals surface area contributed by atoms with Crippen LogP contribution >= 0.6 is 0 Å². The van der Waals surface area contributed by atoms with E-state index < -0.39 is 5.97 Å². The Balaban J connectivity index is 1.75. The summed E-state index contributed by atoms with van der Waals surface area (Å²) in [6.45, 7) is 3.82. The summed E-state index contributed by atoms with van der Waals surface area (Å²) in [5, 5.41) is 12.2. The molecule has 6 nitrogen and oxygen atoms in total. The van der Waals surface area contributed by atoms with Crippen molar-refractivity contribution in [1.29, 1.82) is 0 Å². The van der Waals surface area contributed by atoms with Gasteiger partial charge in [0.25, 0.3) is 0 Å². The number of aliphatic carboxylic acids is 1. The summed E-state index contributed by atoms with van der Waals surface area (Å²) in [6.07, 6.45) is 7.52. The van der Waals surface area contributed by atoms with Crippen molar-refractivity contribution in [3.63, 3.8) is 0 Å². The number of carboxylic acids is 1. The van der Waals surface area contributed by atoms with Crippen LogP contribution in [0.15, 0.2) is 30.1 Å². The predicted octanol–water partition coefficient (Wildman–Crippen LogP) is 3.34. The van der Waals surface area contributed by atoms with Crippen molar-refractivity contribution < 1.29 is 14.3 Å². The summed E-state index contributed by atoms with van der Waals surface area (Å²) in [5.41, 5.74) is 1.71. The average Bonchev–Trinajstić information content (AvgIpc) is 2.57. The summed E-state index contributed by atoms with van der Waals surface area (Å²) in [7, 11) is 0. The Morgan fingerprint density at radius 1 is 1.42 bits per heavy atom. The second kappa shape index (κ2) is 7.19. The van der Waals surface area contributed by atoms with Gasteiger partial charge in [0.05, 0.1) is 11.4 Å². The number of anilines is 1. The number of aromatic nitrogens is 3. The number of hydrogen-bond donors (Lipinski definition) is 2. The van der Waals surface area contributed by atoms with Gasteiger partial charge in [-0.25, -0.2) is 19.2 Å². The molecule has 0 amide bonds. The third-order valence-electron chi connectivity index (χ3n) is 4.88. The Morgan fingerprint density at radius 3 is 2.77 bits per heavy atom. The summed E-state index contributed by atoms with van der Waals surface area (Å²) in [4.78, 5) is 23.8. The summed E-state index contributed by atoms with van der Waals surface area (Å²) in [6, 6.07) is 3.03. The van der Waals surface area contributed by atoms with Crippen LogP contribution in [0, 0.1) is 12.7 Å². The summed E-state index contributed by atoms with van der Waals surface area (Å²) in [5.74, 6) is -0.818. The molecule has 2 aromatic heterocycles. The van der Waals surface area contributed by atoms with E-state index in [9.17, 15) is 9.18 Å². The molecule has 0 bridgehead atoms. The summed E-state index contributed by atoms with van der Waals surface area (Å²) >= 11 is 0. The Morgan fingerprint density at radius 2 is 2.19 bits per heavy atom. The van der Waals surface area contributed by atoms with Crippen molar-refractivity contribution in [1.82, 2.24) is 15.0 Å². The minimum absolute atomic E-state index is 0.219. The van der Waals surface area contributed by atoms with E-state index in [4.69, 9.17) is 5.11 Å². The Hall–Kier alpha value is -2.83. The highest BCUT2D eigenvalue weighted by Crippen LogP contribution is 2.43. The van der Waals surface area contributed by atoms with Gasteiger partial charge in [-0.1, -0.05) is 6.42 Å². The fourth-order valence-electron chi connectivity index (χ4n) is 3.12. The molecule has 1 saturated carbocycles. The molecule has 2 heterocycles. The topological polar surface area (TPSA) is 88.0 Å². The van der Waals surface area contributed by atoms with Gasteiger partial charge in [-0.3, -0.25) is 4.98 Å². The minimum Gasteiger partial charge on any atom is -0.478 e. The van der Waals surface area contributed by atoms with E-state index in [1.54, 1.807) is 25.4 Å². The Labute approximate surface area is 151 Å². The first-order valence-electron chi connectivity index (χ1n) is 8.51. The Bertz CT molecular complexity index is 862. The van der Waals surface area contributed by atoms with E-state index in [0.717, 1.165) is 19.3 Å². The van der Waals surface area contributed by atoms with Gasteiger partial charge in [0.2, 0.25) is 5.95 Å². The SMILES string of the molecule is C/C(=C\c1cnc(NCC2(c3ncccc3F)CCC2)nc1C)C(=O)O. The monoisotopic (exact) mass is 356 g/mol. The minimum atomic E-state index is -0.976. The molecule has 1 aliphatic carbocycles. The van der Waals surface area contributed by atoms with E-state index in [1.165, 1.54) is 19.1 Å². The maximum atomic E-state index is 14.2. The first-order valence-corrected chi connectivity index (χ1v) is 8.51. The van der Waals surface area contributed by atoms with Crippen LogP contribution in [-0.4, -0.2) is 32.6 Å². The number of aryl methyl sites for hydroxylation is 1. The second-order valence-corrected chi connectivity index (χ2v) is 6.69. The highest BCUT2D eigenvalue weighted by Gasteiger charge is 2.41. The number of halogens is 1. The van der Waals surface area contributed by atoms with Crippen molar-refractivity contribution >= 4 is 18.0 Å². The van der Waals surface area contributed by atoms with Crippen molar-refractivity contribution in [2.75, 3.05) is 11.9 Å². The van der Waals surface area contributed by atoms with Crippen LogP contribution in [0.3, 0.4) is 0 Å². The number of nitrogens with zero attached hydrogens (tertiary/aromatic N) is 3. The first kappa shape index (κ1) is 18.0. The highest BCUT2D eigenvalue weighted by molar-refractivity contribution is 5.91. The highest BCUT2D eigenvalue weighted by atomic mass is 19.1. The fourth-order valence-corrected chi connectivity index (χ4v) is 3.12. The van der Waals surface area contributed by atoms with Crippen molar-refractivity contribution in [3.8, 4) is 0 Å². The number of hydrogen-bond acceptors (Lipinski definition) is 5. The Kier molecular flexibility index (Phi) is 4.97. The third kappa shape index (κ3) is 3.56. The lowest BCUT2D eigenvalue weighted by Crippen LogP contribution is -2.42. The number of carboxylic acid groups (broad SMARTS) is 1. The standard InChI is InChI=1S/C19H21FN4O2/c1-12(17(25)26)9-14-10-22-18(24-13(14)2)23-11-19(6-4-7-19)16-15(20)5-3-8-21-16/h3,5,8-10H,4,6-7,11H2,1-2H3,(H,25,26)(H,22,23,24)/b12-9+. The maximum Gasteiger partial charge on any atom is 0.331 e. The van der Waals surface area contributed by atoms with Crippen LogP contribution in [0.2, 0.25) is 0 Å². The largest absolute Gasteiger partial charge is 0.478 e. The molecule has 0 aromatic carbocycles. The fraction of sp³-hybridized carbons (Fsp3) is 0.368. The molecular formula is C19H21FN4O2. The lowest BCUT2D eigenvalue weighted by atomic mass is 9.66. The van der Waals surface area contributed by atoms with E-state index in [-0.39, 0.29) is 16.8 Å². The maximum absolute atomic E-state index is 14.2. The van der Waals surface area contributed by atoms with Gasteiger partial charge >= 0.3 is 5.97 Å². The molecule has 2 N–H and O–H groups in total. The van der Waals surface area contributed by atoms with Gasteiger partial charge in [-0.15, -0.1) is 0 Å². The number of pyridine rings is 1. The first-order chi connectivity index (χ1) is 12.4. The second-order valence-electron chi connectivity index (χ2n) is 6.69. The molecule has 0 saturated heterocycles. The van der Waals surface area contributed by atoms with Crippen LogP contribution in [0.4, 0.5) is 10.3 Å². The quantitative estimate of drug-likeness (QED) is 0.772. The van der Waals surface area contributed by atoms with Crippen LogP contribution in [-0.2, 0) is 10.2 Å². The van der Waals surface area contributed by atoms with Crippen LogP contribution in [0.5, 0.6) is 0 Å². The molecule has 1 fully saturated rings. The molecule has 7 heteroatoms. The van der Waals surface area contributed by atoms with Gasteiger partial charge in [0.15, 0.2) is 0 Å². The van der Waals surface area contributed by atoms with Gasteiger partial charge in [0.1, 0.15) is 5.82 Å². The molecule has 0 aliphatic heterocycles. The van der Waals surface area contributed by atoms with Crippen LogP contribution < -0.4 is 5.32 Å². The molecule has 0 radical (unpaired) electrons. The van der Waals surface area contributed by atoms with E-state index >= 15 is 0 Å². The number of carbonyl (C=O) groups is 1. The molecule has 1 aliphatic rings. The predicted molar refractivity (Wildman–Crippen MR) is 96.3 cm³/mol. The molecule has 136 valence electrons. The molecule has 0 atom stereocenters. The number of nitrogens with one attached hydrogen (secondary N) is 1. The van der Waals surface area contributed by atoms with E-state index in [0.29, 0.717) is 29.4 Å². The molecule has 2 aromatic rings. The zero-order valence-corrected chi connectivity index (χ0v) is 14.8. The molecule has 3 rings (SSSR count). The third-order valence-corrected chi connectivity index (χ3v) is 4.88. The molecule has 0 spiro atoms. The zero-order valence-electron chi connectivity index (χ0n) is 14.8. The normalized spacial score (nSPS) is 16.0. The van der Waals surface area contributed by atoms with Gasteiger partial charge < -0.3 is 10.4 Å². The zero-order chi connectivity index (χ0) is 18.7. The lowest BCUT2D eigenvalue weighted by molar-refractivity contribution is -0.132. The molecule has 0 unspecified atom stereocenters. The number of rotatable bonds is 6.